The Kier molecular flexibility index (Phi) is 6.43. The molecule has 0 fully saturated rings. The molecule has 86 valence electrons. The molecule has 0 radical (unpaired) electrons. The molecule has 0 unspecified atom stereocenters. The summed E-state index contributed by atoms with van der Waals surface area (Å²) in [6, 6.07) is 0. The highest BCUT2D eigenvalue weighted by molar-refractivity contribution is 4.70. The van der Waals surface area contributed by atoms with Crippen molar-refractivity contribution < 1.29 is 0 Å². The predicted octanol–water partition coefficient (Wildman–Crippen LogP) is 3.79. The molecule has 0 heterocycles. The summed E-state index contributed by atoms with van der Waals surface area (Å²) >= 11 is 0. The van der Waals surface area contributed by atoms with Crippen molar-refractivity contribution in [2.75, 3.05) is 20.1 Å². The van der Waals surface area contributed by atoms with Gasteiger partial charge in [-0.2, -0.15) is 0 Å². The third-order valence-electron chi connectivity index (χ3n) is 2.77. The minimum Gasteiger partial charge on any atom is -0.306 e. The summed E-state index contributed by atoms with van der Waals surface area (Å²) in [6.07, 6.45) is 3.98. The van der Waals surface area contributed by atoms with Gasteiger partial charge in [0.05, 0.1) is 0 Å². The number of hydrogen-bond donors (Lipinski definition) is 0. The molecule has 0 saturated carbocycles. The molecule has 0 aromatic rings. The van der Waals surface area contributed by atoms with Gasteiger partial charge in [0, 0.05) is 6.54 Å². The van der Waals surface area contributed by atoms with Crippen LogP contribution in [0.3, 0.4) is 0 Å². The molecule has 0 saturated heterocycles. The molecule has 0 N–H and O–H groups in total. The zero-order valence-electron chi connectivity index (χ0n) is 11.1. The van der Waals surface area contributed by atoms with E-state index in [4.69, 9.17) is 0 Å². The zero-order valence-corrected chi connectivity index (χ0v) is 11.1. The minimum atomic E-state index is 0.528. The fraction of sp³-hybridized carbons (Fsp3) is 1.00. The summed E-state index contributed by atoms with van der Waals surface area (Å²) in [6.45, 7) is 14.1. The van der Waals surface area contributed by atoms with E-state index >= 15 is 0 Å². The van der Waals surface area contributed by atoms with Gasteiger partial charge in [-0.05, 0) is 37.8 Å². The topological polar surface area (TPSA) is 3.24 Å². The van der Waals surface area contributed by atoms with E-state index in [1.165, 1.54) is 32.4 Å². The van der Waals surface area contributed by atoms with Crippen molar-refractivity contribution in [2.24, 2.45) is 11.3 Å². The molecular weight excluding hydrogens is 170 g/mol. The van der Waals surface area contributed by atoms with Crippen molar-refractivity contribution in [3.63, 3.8) is 0 Å². The summed E-state index contributed by atoms with van der Waals surface area (Å²) < 4.78 is 0. The lowest BCUT2D eigenvalue weighted by Crippen LogP contribution is -2.28. The van der Waals surface area contributed by atoms with Gasteiger partial charge >= 0.3 is 0 Å². The van der Waals surface area contributed by atoms with E-state index in [9.17, 15) is 0 Å². The molecule has 0 rings (SSSR count). The molecule has 0 aromatic heterocycles. The van der Waals surface area contributed by atoms with E-state index in [-0.39, 0.29) is 0 Å². The first-order valence-corrected chi connectivity index (χ1v) is 6.06. The van der Waals surface area contributed by atoms with Gasteiger partial charge in [0.1, 0.15) is 0 Å². The second-order valence-corrected chi connectivity index (χ2v) is 5.82. The Morgan fingerprint density at radius 3 is 2.14 bits per heavy atom. The second-order valence-electron chi connectivity index (χ2n) is 5.82. The second kappa shape index (κ2) is 6.44. The molecule has 0 aliphatic rings. The first-order valence-electron chi connectivity index (χ1n) is 6.06. The quantitative estimate of drug-likeness (QED) is 0.603. The van der Waals surface area contributed by atoms with Crippen LogP contribution in [0.5, 0.6) is 0 Å². The highest BCUT2D eigenvalue weighted by Gasteiger charge is 2.17. The summed E-state index contributed by atoms with van der Waals surface area (Å²) in [4.78, 5) is 2.46. The van der Waals surface area contributed by atoms with Crippen LogP contribution in [0.15, 0.2) is 0 Å². The largest absolute Gasteiger partial charge is 0.306 e. The predicted molar refractivity (Wildman–Crippen MR) is 65.6 cm³/mol. The Hall–Kier alpha value is -0.0400. The van der Waals surface area contributed by atoms with Crippen LogP contribution in [0.4, 0.5) is 0 Å². The van der Waals surface area contributed by atoms with E-state index in [0.29, 0.717) is 5.41 Å². The molecule has 0 aliphatic carbocycles. The van der Waals surface area contributed by atoms with Gasteiger partial charge in [0.25, 0.3) is 0 Å². The SMILES string of the molecule is CCCC(C)(C)CCN(C)CC(C)C. The Morgan fingerprint density at radius 2 is 1.71 bits per heavy atom. The normalized spacial score (nSPS) is 12.9. The lowest BCUT2D eigenvalue weighted by Gasteiger charge is -2.27. The van der Waals surface area contributed by atoms with Gasteiger partial charge in [0.2, 0.25) is 0 Å². The van der Waals surface area contributed by atoms with Crippen LogP contribution in [0.25, 0.3) is 0 Å². The summed E-state index contributed by atoms with van der Waals surface area (Å²) in [5, 5.41) is 0. The number of rotatable bonds is 7. The van der Waals surface area contributed by atoms with Gasteiger partial charge in [-0.1, -0.05) is 41.0 Å². The molecule has 0 spiro atoms. The van der Waals surface area contributed by atoms with Crippen LogP contribution in [0.2, 0.25) is 0 Å². The van der Waals surface area contributed by atoms with Gasteiger partial charge in [-0.15, -0.1) is 0 Å². The molecule has 1 heteroatoms. The smallest absolute Gasteiger partial charge is 0.000134 e. The summed E-state index contributed by atoms with van der Waals surface area (Å²) in [7, 11) is 2.24. The van der Waals surface area contributed by atoms with E-state index in [1.54, 1.807) is 0 Å². The molecule has 0 aliphatic heterocycles. The van der Waals surface area contributed by atoms with Crippen LogP contribution in [0.1, 0.15) is 53.9 Å². The average molecular weight is 199 g/mol. The van der Waals surface area contributed by atoms with Crippen molar-refractivity contribution in [1.82, 2.24) is 4.90 Å². The Morgan fingerprint density at radius 1 is 1.14 bits per heavy atom. The van der Waals surface area contributed by atoms with Gasteiger partial charge in [-0.25, -0.2) is 0 Å². The summed E-state index contributed by atoms with van der Waals surface area (Å²) in [5.41, 5.74) is 0.528. The van der Waals surface area contributed by atoms with Gasteiger partial charge < -0.3 is 4.90 Å². The van der Waals surface area contributed by atoms with Crippen LogP contribution in [-0.2, 0) is 0 Å². The zero-order chi connectivity index (χ0) is 11.2. The van der Waals surface area contributed by atoms with E-state index in [0.717, 1.165) is 5.92 Å². The van der Waals surface area contributed by atoms with Gasteiger partial charge in [0.15, 0.2) is 0 Å². The Bertz CT molecular complexity index is 138. The first-order chi connectivity index (χ1) is 6.37. The minimum absolute atomic E-state index is 0.528. The van der Waals surface area contributed by atoms with Crippen LogP contribution in [-0.4, -0.2) is 25.0 Å². The van der Waals surface area contributed by atoms with Crippen molar-refractivity contribution in [3.05, 3.63) is 0 Å². The Balaban J connectivity index is 3.69. The van der Waals surface area contributed by atoms with Crippen molar-refractivity contribution in [2.45, 2.75) is 53.9 Å². The van der Waals surface area contributed by atoms with Crippen LogP contribution >= 0.6 is 0 Å². The van der Waals surface area contributed by atoms with Crippen LogP contribution in [0, 0.1) is 11.3 Å². The molecule has 14 heavy (non-hydrogen) atoms. The maximum atomic E-state index is 2.46. The number of nitrogens with zero attached hydrogens (tertiary/aromatic N) is 1. The van der Waals surface area contributed by atoms with E-state index < -0.39 is 0 Å². The molecule has 0 aromatic carbocycles. The van der Waals surface area contributed by atoms with Crippen molar-refractivity contribution >= 4 is 0 Å². The highest BCUT2D eigenvalue weighted by Crippen LogP contribution is 2.26. The lowest BCUT2D eigenvalue weighted by molar-refractivity contribution is 0.221. The maximum Gasteiger partial charge on any atom is 0.000134 e. The lowest BCUT2D eigenvalue weighted by atomic mass is 9.84. The van der Waals surface area contributed by atoms with Crippen LogP contribution < -0.4 is 0 Å². The first kappa shape index (κ1) is 14.0. The third-order valence-corrected chi connectivity index (χ3v) is 2.77. The molecule has 0 bridgehead atoms. The van der Waals surface area contributed by atoms with E-state index in [1.807, 2.05) is 0 Å². The number of hydrogen-bond acceptors (Lipinski definition) is 1. The van der Waals surface area contributed by atoms with Crippen molar-refractivity contribution in [3.8, 4) is 0 Å². The standard InChI is InChI=1S/C13H29N/c1-7-8-13(4,5)9-10-14(6)11-12(2)3/h12H,7-11H2,1-6H3. The van der Waals surface area contributed by atoms with Crippen molar-refractivity contribution in [1.29, 1.82) is 0 Å². The molecule has 1 nitrogen and oxygen atoms in total. The molecule has 0 atom stereocenters. The van der Waals surface area contributed by atoms with E-state index in [2.05, 4.69) is 46.6 Å². The molecule has 0 amide bonds. The average Bonchev–Trinajstić information content (AvgIpc) is 2.00. The highest BCUT2D eigenvalue weighted by atomic mass is 15.1. The maximum absolute atomic E-state index is 2.46. The fourth-order valence-corrected chi connectivity index (χ4v) is 2.01. The summed E-state index contributed by atoms with van der Waals surface area (Å²) in [5.74, 6) is 0.786. The monoisotopic (exact) mass is 199 g/mol. The Labute approximate surface area is 90.9 Å². The molecular formula is C13H29N. The fourth-order valence-electron chi connectivity index (χ4n) is 2.01. The van der Waals surface area contributed by atoms with Gasteiger partial charge in [-0.3, -0.25) is 0 Å². The third kappa shape index (κ3) is 7.37.